The van der Waals surface area contributed by atoms with Gasteiger partial charge in [0, 0.05) is 28.7 Å². The van der Waals surface area contributed by atoms with Crippen LogP contribution in [0.25, 0.3) is 0 Å². The Morgan fingerprint density at radius 1 is 1.13 bits per heavy atom. The smallest absolute Gasteiger partial charge is 0.379 e. The summed E-state index contributed by atoms with van der Waals surface area (Å²) in [7, 11) is 0. The fourth-order valence-electron chi connectivity index (χ4n) is 3.45. The highest BCUT2D eigenvalue weighted by atomic mass is 79.9. The van der Waals surface area contributed by atoms with Crippen LogP contribution in [0.15, 0.2) is 69.8 Å². The molecule has 0 aliphatic carbocycles. The minimum Gasteiger partial charge on any atom is -0.457 e. The summed E-state index contributed by atoms with van der Waals surface area (Å²) in [5.74, 6) is 0.146. The Morgan fingerprint density at radius 2 is 1.97 bits per heavy atom. The zero-order valence-electron chi connectivity index (χ0n) is 16.2. The Hall–Kier alpha value is -2.28. The molecule has 5 nitrogen and oxygen atoms in total. The predicted octanol–water partition coefficient (Wildman–Crippen LogP) is 6.10. The van der Waals surface area contributed by atoms with E-state index in [1.165, 1.54) is 6.26 Å². The Morgan fingerprint density at radius 3 is 2.70 bits per heavy atom. The van der Waals surface area contributed by atoms with Crippen molar-refractivity contribution < 1.29 is 18.7 Å². The number of carbonyl (C=O) groups excluding carboxylic acids is 1. The van der Waals surface area contributed by atoms with Crippen LogP contribution in [0, 0.1) is 0 Å². The van der Waals surface area contributed by atoms with Gasteiger partial charge >= 0.3 is 5.97 Å². The van der Waals surface area contributed by atoms with E-state index in [0.29, 0.717) is 12.4 Å². The number of benzene rings is 2. The highest BCUT2D eigenvalue weighted by Gasteiger charge is 2.22. The molecule has 1 fully saturated rings. The van der Waals surface area contributed by atoms with Crippen molar-refractivity contribution in [2.24, 2.45) is 0 Å². The van der Waals surface area contributed by atoms with Gasteiger partial charge in [-0.3, -0.25) is 0 Å². The molecule has 3 aromatic rings. The first-order chi connectivity index (χ1) is 14.6. The van der Waals surface area contributed by atoms with Crippen LogP contribution < -0.4 is 9.64 Å². The third kappa shape index (κ3) is 5.25. The molecule has 1 saturated heterocycles. The van der Waals surface area contributed by atoms with E-state index in [9.17, 15) is 4.79 Å². The molecule has 0 bridgehead atoms. The van der Waals surface area contributed by atoms with Gasteiger partial charge in [-0.2, -0.15) is 0 Å². The van der Waals surface area contributed by atoms with Gasteiger partial charge < -0.3 is 18.8 Å². The molecule has 2 aromatic carbocycles. The lowest BCUT2D eigenvalue weighted by molar-refractivity contribution is 0.0251. The Labute approximate surface area is 188 Å². The average molecular weight is 491 g/mol. The molecule has 0 radical (unpaired) electrons. The molecule has 0 N–H and O–H groups in total. The summed E-state index contributed by atoms with van der Waals surface area (Å²) < 4.78 is 17.6. The van der Waals surface area contributed by atoms with Gasteiger partial charge in [0.05, 0.1) is 24.7 Å². The number of hydrogen-bond donors (Lipinski definition) is 0. The predicted molar refractivity (Wildman–Crippen MR) is 119 cm³/mol. The number of carbonyl (C=O) groups is 1. The monoisotopic (exact) mass is 489 g/mol. The first kappa shape index (κ1) is 21.0. The maximum absolute atomic E-state index is 12.1. The van der Waals surface area contributed by atoms with Crippen molar-refractivity contribution in [3.8, 4) is 5.75 Å². The van der Waals surface area contributed by atoms with Crippen LogP contribution in [0.3, 0.4) is 0 Å². The normalized spacial score (nSPS) is 14.7. The third-order valence-electron chi connectivity index (χ3n) is 5.01. The third-order valence-corrected chi connectivity index (χ3v) is 5.91. The highest BCUT2D eigenvalue weighted by Crippen LogP contribution is 2.33. The second kappa shape index (κ2) is 9.69. The molecule has 1 aliphatic heterocycles. The standard InChI is InChI=1S/C23H21BrClNO4/c24-20-7-6-19(30-23(27)22-5-2-12-28-22)14-21(20)26-10-8-18(9-11-26)29-15-16-3-1-4-17(25)13-16/h1-7,12-14,18H,8-11,15H2. The highest BCUT2D eigenvalue weighted by molar-refractivity contribution is 9.10. The van der Waals surface area contributed by atoms with Gasteiger partial charge in [0.2, 0.25) is 5.76 Å². The number of rotatable bonds is 6. The lowest BCUT2D eigenvalue weighted by Gasteiger charge is -2.34. The first-order valence-electron chi connectivity index (χ1n) is 9.75. The van der Waals surface area contributed by atoms with Crippen molar-refractivity contribution in [3.63, 3.8) is 0 Å². The molecule has 1 aromatic heterocycles. The Balaban J connectivity index is 1.34. The molecule has 156 valence electrons. The van der Waals surface area contributed by atoms with Crippen LogP contribution in [-0.4, -0.2) is 25.2 Å². The Kier molecular flexibility index (Phi) is 6.77. The SMILES string of the molecule is O=C(Oc1ccc(Br)c(N2CCC(OCc3cccc(Cl)c3)CC2)c1)c1ccco1. The average Bonchev–Trinajstić information content (AvgIpc) is 3.29. The summed E-state index contributed by atoms with van der Waals surface area (Å²) in [6.07, 6.45) is 3.49. The maximum atomic E-state index is 12.1. The lowest BCUT2D eigenvalue weighted by atomic mass is 10.1. The largest absolute Gasteiger partial charge is 0.457 e. The van der Waals surface area contributed by atoms with Crippen LogP contribution in [0.5, 0.6) is 5.75 Å². The van der Waals surface area contributed by atoms with Gasteiger partial charge in [0.25, 0.3) is 0 Å². The van der Waals surface area contributed by atoms with Crippen molar-refractivity contribution in [2.75, 3.05) is 18.0 Å². The van der Waals surface area contributed by atoms with Gasteiger partial charge in [0.1, 0.15) is 5.75 Å². The van der Waals surface area contributed by atoms with E-state index in [2.05, 4.69) is 20.8 Å². The number of ether oxygens (including phenoxy) is 2. The quantitative estimate of drug-likeness (QED) is 0.309. The summed E-state index contributed by atoms with van der Waals surface area (Å²) in [6.45, 7) is 2.27. The lowest BCUT2D eigenvalue weighted by Crippen LogP contribution is -2.37. The van der Waals surface area contributed by atoms with Gasteiger partial charge in [-0.05, 0) is 70.7 Å². The molecule has 1 aliphatic rings. The zero-order valence-corrected chi connectivity index (χ0v) is 18.6. The number of esters is 1. The van der Waals surface area contributed by atoms with Gasteiger partial charge in [-0.25, -0.2) is 4.79 Å². The van der Waals surface area contributed by atoms with E-state index in [-0.39, 0.29) is 11.9 Å². The van der Waals surface area contributed by atoms with Crippen LogP contribution >= 0.6 is 27.5 Å². The molecule has 7 heteroatoms. The number of hydrogen-bond acceptors (Lipinski definition) is 5. The number of furan rings is 1. The van der Waals surface area contributed by atoms with Gasteiger partial charge in [0.15, 0.2) is 0 Å². The molecule has 4 rings (SSSR count). The fourth-order valence-corrected chi connectivity index (χ4v) is 4.16. The van der Waals surface area contributed by atoms with Crippen LogP contribution in [0.4, 0.5) is 5.69 Å². The first-order valence-corrected chi connectivity index (χ1v) is 10.9. The van der Waals surface area contributed by atoms with E-state index in [1.54, 1.807) is 18.2 Å². The molecule has 0 unspecified atom stereocenters. The number of halogens is 2. The number of anilines is 1. The molecule has 0 amide bonds. The van der Waals surface area contributed by atoms with E-state index < -0.39 is 5.97 Å². The molecular weight excluding hydrogens is 470 g/mol. The second-order valence-electron chi connectivity index (χ2n) is 7.11. The van der Waals surface area contributed by atoms with E-state index in [4.69, 9.17) is 25.5 Å². The van der Waals surface area contributed by atoms with Gasteiger partial charge in [-0.15, -0.1) is 0 Å². The minimum absolute atomic E-state index is 0.178. The number of nitrogens with zero attached hydrogens (tertiary/aromatic N) is 1. The van der Waals surface area contributed by atoms with E-state index >= 15 is 0 Å². The molecule has 0 atom stereocenters. The summed E-state index contributed by atoms with van der Waals surface area (Å²) in [4.78, 5) is 14.4. The molecule has 30 heavy (non-hydrogen) atoms. The summed E-state index contributed by atoms with van der Waals surface area (Å²) in [5.41, 5.74) is 2.08. The zero-order chi connectivity index (χ0) is 20.9. The molecule has 0 spiro atoms. The van der Waals surface area contributed by atoms with E-state index in [1.807, 2.05) is 36.4 Å². The van der Waals surface area contributed by atoms with Crippen LogP contribution in [0.2, 0.25) is 5.02 Å². The van der Waals surface area contributed by atoms with Crippen molar-refractivity contribution in [2.45, 2.75) is 25.6 Å². The number of piperidine rings is 1. The second-order valence-corrected chi connectivity index (χ2v) is 8.40. The summed E-state index contributed by atoms with van der Waals surface area (Å²) in [6, 6.07) is 16.5. The molecule has 2 heterocycles. The Bertz CT molecular complexity index is 1000. The minimum atomic E-state index is -0.513. The van der Waals surface area contributed by atoms with Crippen LogP contribution in [0.1, 0.15) is 29.0 Å². The fraction of sp³-hybridized carbons (Fsp3) is 0.261. The van der Waals surface area contributed by atoms with Gasteiger partial charge in [-0.1, -0.05) is 23.7 Å². The van der Waals surface area contributed by atoms with Crippen molar-refractivity contribution in [1.29, 1.82) is 0 Å². The van der Waals surface area contributed by atoms with Crippen molar-refractivity contribution in [3.05, 3.63) is 81.7 Å². The topological polar surface area (TPSA) is 51.9 Å². The molecular formula is C23H21BrClNO4. The van der Waals surface area contributed by atoms with Crippen LogP contribution in [-0.2, 0) is 11.3 Å². The molecule has 0 saturated carbocycles. The van der Waals surface area contributed by atoms with Crippen molar-refractivity contribution in [1.82, 2.24) is 0 Å². The summed E-state index contributed by atoms with van der Waals surface area (Å²) >= 11 is 9.65. The maximum Gasteiger partial charge on any atom is 0.379 e. The van der Waals surface area contributed by atoms with E-state index in [0.717, 1.165) is 46.7 Å². The summed E-state index contributed by atoms with van der Waals surface area (Å²) in [5, 5.41) is 0.725. The van der Waals surface area contributed by atoms with Crippen molar-refractivity contribution >= 4 is 39.2 Å².